The summed E-state index contributed by atoms with van der Waals surface area (Å²) in [7, 11) is 0. The second-order valence-electron chi connectivity index (χ2n) is 4.58. The zero-order valence-electron chi connectivity index (χ0n) is 12.0. The zero-order chi connectivity index (χ0) is 17.7. The lowest BCUT2D eigenvalue weighted by Crippen LogP contribution is -2.35. The number of amides is 1. The first-order valence-electron chi connectivity index (χ1n) is 6.60. The van der Waals surface area contributed by atoms with Crippen LogP contribution in [0.2, 0.25) is 0 Å². The lowest BCUT2D eigenvalue weighted by Gasteiger charge is -2.13. The molecule has 0 spiro atoms. The predicted molar refractivity (Wildman–Crippen MR) is 75.8 cm³/mol. The lowest BCUT2D eigenvalue weighted by atomic mass is 10.1. The number of hydrogen-bond acceptors (Lipinski definition) is 4. The molecular weight excluding hydrogens is 329 g/mol. The number of nitrogens with zero attached hydrogens (tertiary/aromatic N) is 1. The van der Waals surface area contributed by atoms with E-state index < -0.39 is 35.9 Å². The summed E-state index contributed by atoms with van der Waals surface area (Å²) in [6, 6.07) is 8.39. The van der Waals surface area contributed by atoms with Crippen LogP contribution in [-0.2, 0) is 15.7 Å². The summed E-state index contributed by atoms with van der Waals surface area (Å²) in [5.74, 6) is -2.03. The van der Waals surface area contributed by atoms with Gasteiger partial charge in [-0.3, -0.25) is 4.79 Å². The van der Waals surface area contributed by atoms with Crippen molar-refractivity contribution in [3.05, 3.63) is 65.1 Å². The molecule has 126 valence electrons. The number of nitrogens with one attached hydrogen (secondary N) is 1. The van der Waals surface area contributed by atoms with Crippen molar-refractivity contribution in [2.24, 2.45) is 0 Å². The van der Waals surface area contributed by atoms with Crippen molar-refractivity contribution in [2.45, 2.75) is 6.18 Å². The second kappa shape index (κ2) is 6.99. The van der Waals surface area contributed by atoms with E-state index in [4.69, 9.17) is 0 Å². The molecule has 0 fully saturated rings. The molecule has 2 rings (SSSR count). The van der Waals surface area contributed by atoms with E-state index in [-0.39, 0.29) is 10.4 Å². The molecule has 0 aliphatic heterocycles. The molecule has 1 aromatic heterocycles. The molecule has 0 aliphatic carbocycles. The predicted octanol–water partition coefficient (Wildman–Crippen LogP) is 2.13. The Hall–Kier alpha value is -3.10. The van der Waals surface area contributed by atoms with Crippen LogP contribution in [0.3, 0.4) is 0 Å². The van der Waals surface area contributed by atoms with Crippen LogP contribution in [0.1, 0.15) is 16.1 Å². The SMILES string of the molecule is O=C(COC(=O)c1cccc[n+]1[O-])Nc1ccccc1C(F)(F)F. The highest BCUT2D eigenvalue weighted by Crippen LogP contribution is 2.34. The molecule has 1 N–H and O–H groups in total. The second-order valence-corrected chi connectivity index (χ2v) is 4.58. The molecule has 0 radical (unpaired) electrons. The number of pyridine rings is 1. The van der Waals surface area contributed by atoms with E-state index in [1.165, 1.54) is 30.3 Å². The summed E-state index contributed by atoms with van der Waals surface area (Å²) in [4.78, 5) is 23.3. The maximum absolute atomic E-state index is 12.8. The quantitative estimate of drug-likeness (QED) is 0.525. The number of para-hydroxylation sites is 1. The van der Waals surface area contributed by atoms with Crippen molar-refractivity contribution in [2.75, 3.05) is 11.9 Å². The summed E-state index contributed by atoms with van der Waals surface area (Å²) in [5, 5.41) is 13.4. The standard InChI is InChI=1S/C15H11F3N2O4/c16-15(17,18)10-5-1-2-6-11(10)19-13(21)9-24-14(22)12-7-3-4-8-20(12)23/h1-8H,9H2,(H,19,21). The normalized spacial score (nSPS) is 11.0. The average Bonchev–Trinajstić information content (AvgIpc) is 2.52. The largest absolute Gasteiger partial charge is 0.618 e. The first-order chi connectivity index (χ1) is 11.3. The molecule has 0 bridgehead atoms. The number of hydrogen-bond donors (Lipinski definition) is 1. The number of esters is 1. The fourth-order valence-electron chi connectivity index (χ4n) is 1.82. The maximum atomic E-state index is 12.8. The van der Waals surface area contributed by atoms with Gasteiger partial charge in [0.05, 0.1) is 11.3 Å². The Morgan fingerprint density at radius 2 is 1.79 bits per heavy atom. The molecule has 0 atom stereocenters. The highest BCUT2D eigenvalue weighted by Gasteiger charge is 2.33. The summed E-state index contributed by atoms with van der Waals surface area (Å²) in [6.45, 7) is -0.833. The Balaban J connectivity index is 2.00. The smallest absolute Gasteiger partial charge is 0.418 e. The van der Waals surface area contributed by atoms with Crippen LogP contribution in [0.25, 0.3) is 0 Å². The number of anilines is 1. The third kappa shape index (κ3) is 4.22. The Bertz CT molecular complexity index is 762. The molecular formula is C15H11F3N2O4. The topological polar surface area (TPSA) is 82.3 Å². The minimum atomic E-state index is -4.64. The van der Waals surface area contributed by atoms with Crippen molar-refractivity contribution >= 4 is 17.6 Å². The van der Waals surface area contributed by atoms with Crippen LogP contribution in [0, 0.1) is 5.21 Å². The molecule has 6 nitrogen and oxygen atoms in total. The van der Waals surface area contributed by atoms with Gasteiger partial charge < -0.3 is 15.3 Å². The van der Waals surface area contributed by atoms with Crippen molar-refractivity contribution < 1.29 is 32.2 Å². The van der Waals surface area contributed by atoms with E-state index in [0.717, 1.165) is 18.3 Å². The zero-order valence-corrected chi connectivity index (χ0v) is 12.0. The van der Waals surface area contributed by atoms with Gasteiger partial charge in [0.2, 0.25) is 0 Å². The van der Waals surface area contributed by atoms with E-state index in [2.05, 4.69) is 4.74 Å². The van der Waals surface area contributed by atoms with Crippen LogP contribution in [0.4, 0.5) is 18.9 Å². The summed E-state index contributed by atoms with van der Waals surface area (Å²) in [6.07, 6.45) is -3.57. The molecule has 1 heterocycles. The molecule has 0 saturated heterocycles. The summed E-state index contributed by atoms with van der Waals surface area (Å²) < 4.78 is 43.3. The van der Waals surface area contributed by atoms with Crippen LogP contribution in [0.5, 0.6) is 0 Å². The van der Waals surface area contributed by atoms with E-state index in [9.17, 15) is 28.0 Å². The third-order valence-electron chi connectivity index (χ3n) is 2.87. The molecule has 1 amide bonds. The van der Waals surface area contributed by atoms with Crippen LogP contribution in [0.15, 0.2) is 48.7 Å². The minimum Gasteiger partial charge on any atom is -0.618 e. The fourth-order valence-corrected chi connectivity index (χ4v) is 1.82. The maximum Gasteiger partial charge on any atom is 0.418 e. The van der Waals surface area contributed by atoms with Gasteiger partial charge in [-0.2, -0.15) is 17.9 Å². The van der Waals surface area contributed by atoms with Crippen LogP contribution in [-0.4, -0.2) is 18.5 Å². The van der Waals surface area contributed by atoms with Crippen molar-refractivity contribution in [3.63, 3.8) is 0 Å². The Morgan fingerprint density at radius 1 is 1.12 bits per heavy atom. The molecule has 24 heavy (non-hydrogen) atoms. The first kappa shape index (κ1) is 17.3. The highest BCUT2D eigenvalue weighted by atomic mass is 19.4. The number of benzene rings is 1. The first-order valence-corrected chi connectivity index (χ1v) is 6.60. The van der Waals surface area contributed by atoms with E-state index in [1.54, 1.807) is 0 Å². The number of ether oxygens (including phenoxy) is 1. The van der Waals surface area contributed by atoms with E-state index >= 15 is 0 Å². The van der Waals surface area contributed by atoms with Crippen LogP contribution >= 0.6 is 0 Å². The summed E-state index contributed by atoms with van der Waals surface area (Å²) >= 11 is 0. The van der Waals surface area contributed by atoms with E-state index in [1.807, 2.05) is 5.32 Å². The van der Waals surface area contributed by atoms with Gasteiger partial charge in [0.15, 0.2) is 12.8 Å². The van der Waals surface area contributed by atoms with Crippen molar-refractivity contribution in [3.8, 4) is 0 Å². The fraction of sp³-hybridized carbons (Fsp3) is 0.133. The molecule has 1 aromatic carbocycles. The number of halogens is 3. The van der Waals surface area contributed by atoms with Gasteiger partial charge in [-0.1, -0.05) is 12.1 Å². The lowest BCUT2D eigenvalue weighted by molar-refractivity contribution is -0.608. The third-order valence-corrected chi connectivity index (χ3v) is 2.87. The van der Waals surface area contributed by atoms with Gasteiger partial charge in [-0.15, -0.1) is 0 Å². The number of carbonyl (C=O) groups excluding carboxylic acids is 2. The van der Waals surface area contributed by atoms with Gasteiger partial charge in [-0.25, -0.2) is 4.79 Å². The Labute approximate surface area is 134 Å². The van der Waals surface area contributed by atoms with Gasteiger partial charge >= 0.3 is 17.8 Å². The number of aromatic nitrogens is 1. The van der Waals surface area contributed by atoms with Gasteiger partial charge in [-0.05, 0) is 18.2 Å². The minimum absolute atomic E-state index is 0.249. The molecule has 0 saturated carbocycles. The van der Waals surface area contributed by atoms with Gasteiger partial charge in [0.25, 0.3) is 5.91 Å². The Morgan fingerprint density at radius 3 is 2.46 bits per heavy atom. The molecule has 9 heteroatoms. The van der Waals surface area contributed by atoms with Crippen molar-refractivity contribution in [1.82, 2.24) is 0 Å². The Kier molecular flexibility index (Phi) is 5.02. The molecule has 0 unspecified atom stereocenters. The monoisotopic (exact) mass is 340 g/mol. The van der Waals surface area contributed by atoms with E-state index in [0.29, 0.717) is 0 Å². The highest BCUT2D eigenvalue weighted by molar-refractivity contribution is 5.95. The van der Waals surface area contributed by atoms with Gasteiger partial charge in [0.1, 0.15) is 0 Å². The van der Waals surface area contributed by atoms with Gasteiger partial charge in [0, 0.05) is 12.1 Å². The van der Waals surface area contributed by atoms with Crippen LogP contribution < -0.4 is 10.0 Å². The average molecular weight is 340 g/mol. The number of rotatable bonds is 4. The summed E-state index contributed by atoms with van der Waals surface area (Å²) in [5.41, 5.74) is -1.82. The number of alkyl halides is 3. The number of carbonyl (C=O) groups is 2. The molecule has 2 aromatic rings. The van der Waals surface area contributed by atoms with Crippen molar-refractivity contribution in [1.29, 1.82) is 0 Å². The molecule has 0 aliphatic rings.